The SMILES string of the molecule is CC(C)C[C@H]1NC(=O)[C@H]2CCCN2C(=O)[C@@H](Cc2c[nH]c3ccccc23)NC(=O)CN(C(=O)c2cn3ccsc3n2)C[C@H]2OCC[C@H](NC1=O)[C@@H]2O. The van der Waals surface area contributed by atoms with E-state index in [0.29, 0.717) is 37.2 Å². The fourth-order valence-corrected chi connectivity index (χ4v) is 8.21. The molecule has 4 aromatic rings. The first-order valence-corrected chi connectivity index (χ1v) is 18.7. The third kappa shape index (κ3) is 7.41. The number of amides is 5. The molecule has 0 saturated carbocycles. The maximum absolute atomic E-state index is 14.4. The van der Waals surface area contributed by atoms with Crippen LogP contribution in [0.4, 0.5) is 0 Å². The number of nitrogens with one attached hydrogen (secondary N) is 4. The summed E-state index contributed by atoms with van der Waals surface area (Å²) in [5, 5.41) is 22.9. The van der Waals surface area contributed by atoms with Crippen LogP contribution < -0.4 is 16.0 Å². The second kappa shape index (κ2) is 15.0. The molecule has 6 heterocycles. The molecule has 5 N–H and O–H groups in total. The van der Waals surface area contributed by atoms with E-state index >= 15 is 0 Å². The second-order valence-corrected chi connectivity index (χ2v) is 15.1. The summed E-state index contributed by atoms with van der Waals surface area (Å²) >= 11 is 1.35. The highest BCUT2D eigenvalue weighted by Gasteiger charge is 2.42. The maximum Gasteiger partial charge on any atom is 0.274 e. The summed E-state index contributed by atoms with van der Waals surface area (Å²) in [7, 11) is 0. The number of nitrogens with zero attached hydrogens (tertiary/aromatic N) is 4. The monoisotopic (exact) mass is 732 g/mol. The van der Waals surface area contributed by atoms with E-state index in [0.717, 1.165) is 16.5 Å². The number of imidazole rings is 1. The molecule has 15 nitrogen and oxygen atoms in total. The number of carbonyl (C=O) groups excluding carboxylic acids is 5. The van der Waals surface area contributed by atoms with Crippen LogP contribution in [-0.4, -0.2) is 121 Å². The fraction of sp³-hybridized carbons (Fsp3) is 0.500. The van der Waals surface area contributed by atoms with E-state index in [4.69, 9.17) is 4.74 Å². The van der Waals surface area contributed by atoms with Gasteiger partial charge in [0.15, 0.2) is 4.96 Å². The number of aliphatic hydroxyl groups excluding tert-OH is 1. The topological polar surface area (TPSA) is 190 Å². The first-order chi connectivity index (χ1) is 25.0. The number of thiazole rings is 1. The predicted molar refractivity (Wildman–Crippen MR) is 191 cm³/mol. The number of para-hydroxylation sites is 1. The maximum atomic E-state index is 14.4. The van der Waals surface area contributed by atoms with E-state index in [1.54, 1.807) is 23.0 Å². The van der Waals surface area contributed by atoms with Gasteiger partial charge in [-0.1, -0.05) is 32.0 Å². The number of aromatic nitrogens is 3. The Kier molecular flexibility index (Phi) is 10.3. The van der Waals surface area contributed by atoms with Gasteiger partial charge in [-0.2, -0.15) is 0 Å². The molecule has 5 amide bonds. The quantitative estimate of drug-likeness (QED) is 0.202. The fourth-order valence-electron chi connectivity index (χ4n) is 7.51. The second-order valence-electron chi connectivity index (χ2n) is 14.3. The van der Waals surface area contributed by atoms with Crippen LogP contribution in [0.2, 0.25) is 0 Å². The van der Waals surface area contributed by atoms with Crippen molar-refractivity contribution in [2.24, 2.45) is 5.92 Å². The molecule has 3 saturated heterocycles. The number of ether oxygens (including phenoxy) is 1. The standard InChI is InChI=1S/C36H44N8O7S/c1-20(2)14-25-32(47)39-24-9-12-51-29(31(24)46)18-43(34(49)27-17-42-11-13-52-36(42)41-27)19-30(45)38-26(15-21-16-37-23-7-4-3-6-22(21)23)35(50)44-10-5-8-28(44)33(48)40-25/h3-4,6-7,11,13,16-17,20,24-26,28-29,31,37,46H,5,8-10,12,14-15,18-19H2,1-2H3,(H,38,45)(H,39,47)(H,40,48)/t24-,25+,26+,28+,29+,31-/m0/s1. The molecule has 1 aromatic carbocycles. The molecule has 6 atom stereocenters. The van der Waals surface area contributed by atoms with Crippen molar-refractivity contribution in [2.75, 3.05) is 26.2 Å². The molecular formula is C36H44N8O7S. The van der Waals surface area contributed by atoms with Gasteiger partial charge in [-0.3, -0.25) is 28.4 Å². The molecule has 3 fully saturated rings. The molecule has 3 aromatic heterocycles. The molecular weight excluding hydrogens is 689 g/mol. The Morgan fingerprint density at radius 2 is 1.90 bits per heavy atom. The van der Waals surface area contributed by atoms with Crippen LogP contribution in [0.25, 0.3) is 15.9 Å². The third-order valence-electron chi connectivity index (χ3n) is 10.1. The van der Waals surface area contributed by atoms with Crippen molar-refractivity contribution >= 4 is 56.7 Å². The average molecular weight is 733 g/mol. The highest BCUT2D eigenvalue weighted by atomic mass is 32.1. The van der Waals surface area contributed by atoms with E-state index in [1.807, 2.05) is 43.5 Å². The summed E-state index contributed by atoms with van der Waals surface area (Å²) in [4.78, 5) is 81.1. The zero-order valence-corrected chi connectivity index (χ0v) is 29.9. The Balaban J connectivity index is 1.25. The van der Waals surface area contributed by atoms with E-state index < -0.39 is 72.5 Å². The molecule has 16 heteroatoms. The number of benzene rings is 1. The Hall–Kier alpha value is -4.80. The van der Waals surface area contributed by atoms with Gasteiger partial charge < -0.3 is 40.6 Å². The Morgan fingerprint density at radius 1 is 1.08 bits per heavy atom. The van der Waals surface area contributed by atoms with Gasteiger partial charge in [-0.15, -0.1) is 11.3 Å². The van der Waals surface area contributed by atoms with Gasteiger partial charge in [-0.05, 0) is 43.2 Å². The third-order valence-corrected chi connectivity index (χ3v) is 10.9. The predicted octanol–water partition coefficient (Wildman–Crippen LogP) is 1.22. The lowest BCUT2D eigenvalue weighted by atomic mass is 9.97. The lowest BCUT2D eigenvalue weighted by Crippen LogP contribution is -2.60. The molecule has 276 valence electrons. The molecule has 0 spiro atoms. The summed E-state index contributed by atoms with van der Waals surface area (Å²) in [5.74, 6) is -2.46. The number of aliphatic hydroxyl groups is 1. The van der Waals surface area contributed by atoms with Crippen molar-refractivity contribution in [1.82, 2.24) is 40.1 Å². The number of rotatable bonds is 5. The van der Waals surface area contributed by atoms with Crippen molar-refractivity contribution in [3.63, 3.8) is 0 Å². The normalized spacial score (nSPS) is 26.7. The lowest BCUT2D eigenvalue weighted by molar-refractivity contribution is -0.142. The summed E-state index contributed by atoms with van der Waals surface area (Å²) < 4.78 is 7.65. The van der Waals surface area contributed by atoms with E-state index in [9.17, 15) is 29.1 Å². The number of hydrogen-bond acceptors (Lipinski definition) is 9. The average Bonchev–Trinajstić information content (AvgIpc) is 3.93. The zero-order chi connectivity index (χ0) is 36.5. The molecule has 7 rings (SSSR count). The van der Waals surface area contributed by atoms with E-state index in [1.165, 1.54) is 21.1 Å². The van der Waals surface area contributed by atoms with Crippen LogP contribution in [0.5, 0.6) is 0 Å². The van der Waals surface area contributed by atoms with Crippen molar-refractivity contribution in [3.8, 4) is 0 Å². The van der Waals surface area contributed by atoms with Gasteiger partial charge in [0, 0.05) is 54.4 Å². The number of hydrogen-bond donors (Lipinski definition) is 5. The van der Waals surface area contributed by atoms with Crippen molar-refractivity contribution in [2.45, 2.75) is 82.3 Å². The molecule has 0 radical (unpaired) electrons. The lowest BCUT2D eigenvalue weighted by Gasteiger charge is -2.38. The molecule has 52 heavy (non-hydrogen) atoms. The first-order valence-electron chi connectivity index (χ1n) is 17.8. The Bertz CT molecular complexity index is 1940. The highest BCUT2D eigenvalue weighted by Crippen LogP contribution is 2.25. The highest BCUT2D eigenvalue weighted by molar-refractivity contribution is 7.15. The number of aromatic amines is 1. The van der Waals surface area contributed by atoms with Gasteiger partial charge in [0.25, 0.3) is 5.91 Å². The van der Waals surface area contributed by atoms with Crippen LogP contribution >= 0.6 is 11.3 Å². The smallest absolute Gasteiger partial charge is 0.274 e. The zero-order valence-electron chi connectivity index (χ0n) is 29.1. The Labute approximate surface area is 304 Å². The van der Waals surface area contributed by atoms with Crippen LogP contribution in [0.3, 0.4) is 0 Å². The molecule has 2 bridgehead atoms. The molecule has 3 aliphatic rings. The van der Waals surface area contributed by atoms with Gasteiger partial charge in [0.05, 0.1) is 12.6 Å². The minimum Gasteiger partial charge on any atom is -0.388 e. The minimum atomic E-state index is -1.23. The Morgan fingerprint density at radius 3 is 2.71 bits per heavy atom. The van der Waals surface area contributed by atoms with Crippen LogP contribution in [0, 0.1) is 5.92 Å². The molecule has 0 aliphatic carbocycles. The van der Waals surface area contributed by atoms with Gasteiger partial charge in [0.2, 0.25) is 23.6 Å². The summed E-state index contributed by atoms with van der Waals surface area (Å²) in [6.45, 7) is 3.71. The molecule has 3 aliphatic heterocycles. The summed E-state index contributed by atoms with van der Waals surface area (Å²) in [6.07, 6.45) is 4.69. The largest absolute Gasteiger partial charge is 0.388 e. The van der Waals surface area contributed by atoms with Gasteiger partial charge >= 0.3 is 0 Å². The number of fused-ring (bicyclic) bond motifs is 5. The van der Waals surface area contributed by atoms with Crippen molar-refractivity contribution in [3.05, 3.63) is 59.5 Å². The van der Waals surface area contributed by atoms with Crippen LogP contribution in [-0.2, 0) is 30.3 Å². The molecule has 0 unspecified atom stereocenters. The van der Waals surface area contributed by atoms with Crippen molar-refractivity contribution < 1.29 is 33.8 Å². The van der Waals surface area contributed by atoms with Crippen molar-refractivity contribution in [1.29, 1.82) is 0 Å². The minimum absolute atomic E-state index is 0.0485. The van der Waals surface area contributed by atoms with Crippen LogP contribution in [0.1, 0.15) is 55.6 Å². The summed E-state index contributed by atoms with van der Waals surface area (Å²) in [6, 6.07) is 4.06. The first kappa shape index (κ1) is 35.6. The summed E-state index contributed by atoms with van der Waals surface area (Å²) in [5.41, 5.74) is 1.77. The number of carbonyl (C=O) groups is 5. The van der Waals surface area contributed by atoms with E-state index in [2.05, 4.69) is 25.9 Å². The van der Waals surface area contributed by atoms with Gasteiger partial charge in [-0.25, -0.2) is 4.98 Å². The van der Waals surface area contributed by atoms with Gasteiger partial charge in [0.1, 0.15) is 42.6 Å². The number of H-pyrrole nitrogens is 1. The van der Waals surface area contributed by atoms with E-state index in [-0.39, 0.29) is 31.2 Å². The van der Waals surface area contributed by atoms with Crippen LogP contribution in [0.15, 0.2) is 48.2 Å².